The zero-order valence-corrected chi connectivity index (χ0v) is 13.2. The maximum atomic E-state index is 11.0. The molecule has 1 heterocycles. The molecule has 22 heavy (non-hydrogen) atoms. The van der Waals surface area contributed by atoms with Crippen LogP contribution in [-0.4, -0.2) is 21.3 Å². The number of rotatable bonds is 3. The Balaban J connectivity index is 1.98. The van der Waals surface area contributed by atoms with Crippen LogP contribution in [0.1, 0.15) is 15.9 Å². The summed E-state index contributed by atoms with van der Waals surface area (Å²) in [5, 5.41) is 17.0. The van der Waals surface area contributed by atoms with Crippen molar-refractivity contribution in [2.24, 2.45) is 0 Å². The van der Waals surface area contributed by atoms with E-state index in [0.717, 1.165) is 15.6 Å². The molecule has 6 heteroatoms. The van der Waals surface area contributed by atoms with Crippen LogP contribution in [0.15, 0.2) is 51.4 Å². The molecule has 0 saturated carbocycles. The predicted octanol–water partition coefficient (Wildman–Crippen LogP) is 4.17. The average Bonchev–Trinajstić information content (AvgIpc) is 3.00. The number of carboxylic acid groups (broad SMARTS) is 1. The summed E-state index contributed by atoms with van der Waals surface area (Å²) < 4.78 is 6.66. The van der Waals surface area contributed by atoms with E-state index in [0.29, 0.717) is 17.3 Å². The number of aryl methyl sites for hydroxylation is 1. The lowest BCUT2D eigenvalue weighted by Crippen LogP contribution is -1.95. The Morgan fingerprint density at radius 2 is 1.77 bits per heavy atom. The first kappa shape index (κ1) is 14.5. The molecule has 2 aromatic carbocycles. The van der Waals surface area contributed by atoms with Crippen LogP contribution in [0.4, 0.5) is 0 Å². The average molecular weight is 359 g/mol. The van der Waals surface area contributed by atoms with Gasteiger partial charge in [-0.2, -0.15) is 0 Å². The van der Waals surface area contributed by atoms with Crippen LogP contribution in [0.3, 0.4) is 0 Å². The number of aromatic nitrogens is 2. The van der Waals surface area contributed by atoms with E-state index in [1.165, 1.54) is 12.1 Å². The molecule has 5 nitrogen and oxygen atoms in total. The molecule has 0 aliphatic heterocycles. The van der Waals surface area contributed by atoms with E-state index in [-0.39, 0.29) is 5.56 Å². The van der Waals surface area contributed by atoms with Crippen molar-refractivity contribution in [2.45, 2.75) is 6.92 Å². The molecule has 0 amide bonds. The Bertz CT molecular complexity index is 858. The van der Waals surface area contributed by atoms with Gasteiger partial charge in [-0.15, -0.1) is 10.2 Å². The van der Waals surface area contributed by atoms with Gasteiger partial charge in [0.25, 0.3) is 0 Å². The van der Waals surface area contributed by atoms with Crippen molar-refractivity contribution in [2.75, 3.05) is 0 Å². The smallest absolute Gasteiger partial charge is 0.335 e. The largest absolute Gasteiger partial charge is 0.478 e. The molecule has 1 N–H and O–H groups in total. The van der Waals surface area contributed by atoms with Gasteiger partial charge < -0.3 is 9.52 Å². The van der Waals surface area contributed by atoms with Crippen LogP contribution in [0.5, 0.6) is 0 Å². The molecular weight excluding hydrogens is 348 g/mol. The van der Waals surface area contributed by atoms with Crippen LogP contribution in [0.25, 0.3) is 22.9 Å². The Morgan fingerprint density at radius 1 is 1.09 bits per heavy atom. The maximum Gasteiger partial charge on any atom is 0.335 e. The van der Waals surface area contributed by atoms with Crippen molar-refractivity contribution in [3.8, 4) is 22.9 Å². The number of nitrogens with zero attached hydrogens (tertiary/aromatic N) is 2. The van der Waals surface area contributed by atoms with Gasteiger partial charge in [0.15, 0.2) is 0 Å². The molecule has 0 aliphatic rings. The van der Waals surface area contributed by atoms with Crippen molar-refractivity contribution >= 4 is 21.9 Å². The van der Waals surface area contributed by atoms with Crippen LogP contribution in [0.2, 0.25) is 0 Å². The molecule has 3 aromatic rings. The number of carbonyl (C=O) groups is 1. The van der Waals surface area contributed by atoms with Gasteiger partial charge in [-0.05, 0) is 48.9 Å². The highest BCUT2D eigenvalue weighted by molar-refractivity contribution is 9.10. The van der Waals surface area contributed by atoms with Gasteiger partial charge >= 0.3 is 5.97 Å². The number of halogens is 1. The third-order valence-electron chi connectivity index (χ3n) is 3.19. The molecule has 0 saturated heterocycles. The van der Waals surface area contributed by atoms with Crippen LogP contribution in [-0.2, 0) is 0 Å². The molecule has 110 valence electrons. The second-order valence-corrected chi connectivity index (χ2v) is 5.62. The zero-order chi connectivity index (χ0) is 15.7. The summed E-state index contributed by atoms with van der Waals surface area (Å²) in [4.78, 5) is 11.0. The van der Waals surface area contributed by atoms with Crippen molar-refractivity contribution in [3.05, 3.63) is 58.1 Å². The summed E-state index contributed by atoms with van der Waals surface area (Å²) >= 11 is 3.44. The zero-order valence-electron chi connectivity index (χ0n) is 11.6. The van der Waals surface area contributed by atoms with Crippen molar-refractivity contribution in [1.82, 2.24) is 10.2 Å². The van der Waals surface area contributed by atoms with Crippen LogP contribution < -0.4 is 0 Å². The number of aromatic carboxylic acids is 1. The summed E-state index contributed by atoms with van der Waals surface area (Å²) in [6.45, 7) is 1.97. The molecule has 0 fully saturated rings. The molecule has 0 radical (unpaired) electrons. The van der Waals surface area contributed by atoms with Crippen LogP contribution in [0, 0.1) is 6.92 Å². The molecule has 0 bridgehead atoms. The highest BCUT2D eigenvalue weighted by atomic mass is 79.9. The molecular formula is C16H11BrN2O3. The van der Waals surface area contributed by atoms with E-state index in [9.17, 15) is 4.79 Å². The first-order valence-electron chi connectivity index (χ1n) is 6.48. The molecule has 0 unspecified atom stereocenters. The van der Waals surface area contributed by atoms with Crippen molar-refractivity contribution in [3.63, 3.8) is 0 Å². The Kier molecular flexibility index (Phi) is 3.77. The molecule has 3 rings (SSSR count). The fraction of sp³-hybridized carbons (Fsp3) is 0.0625. The highest BCUT2D eigenvalue weighted by Gasteiger charge is 2.13. The summed E-state index contributed by atoms with van der Waals surface area (Å²) in [5.41, 5.74) is 2.63. The third-order valence-corrected chi connectivity index (χ3v) is 4.08. The van der Waals surface area contributed by atoms with Crippen molar-refractivity contribution in [1.29, 1.82) is 0 Å². The van der Waals surface area contributed by atoms with Gasteiger partial charge in [0, 0.05) is 15.6 Å². The van der Waals surface area contributed by atoms with E-state index in [1.54, 1.807) is 12.1 Å². The Labute approximate surface area is 134 Å². The lowest BCUT2D eigenvalue weighted by Gasteiger charge is -2.00. The predicted molar refractivity (Wildman–Crippen MR) is 84.6 cm³/mol. The highest BCUT2D eigenvalue weighted by Crippen LogP contribution is 2.27. The van der Waals surface area contributed by atoms with E-state index >= 15 is 0 Å². The van der Waals surface area contributed by atoms with Gasteiger partial charge in [-0.1, -0.05) is 22.0 Å². The third kappa shape index (κ3) is 2.78. The van der Waals surface area contributed by atoms with Gasteiger partial charge in [0.05, 0.1) is 5.56 Å². The first-order chi connectivity index (χ1) is 10.5. The van der Waals surface area contributed by atoms with Gasteiger partial charge in [0.1, 0.15) is 0 Å². The summed E-state index contributed by atoms with van der Waals surface area (Å²) in [6, 6.07) is 12.1. The summed E-state index contributed by atoms with van der Waals surface area (Å²) in [5.74, 6) is -0.310. The van der Waals surface area contributed by atoms with E-state index < -0.39 is 5.97 Å². The number of hydrogen-bond acceptors (Lipinski definition) is 4. The SMILES string of the molecule is Cc1cc(-c2nnc(-c3cccc(C(=O)O)c3)o2)ccc1Br. The molecule has 0 aliphatic carbocycles. The minimum atomic E-state index is -0.995. The fourth-order valence-electron chi connectivity index (χ4n) is 2.02. The molecule has 0 spiro atoms. The molecule has 1 aromatic heterocycles. The minimum Gasteiger partial charge on any atom is -0.478 e. The monoisotopic (exact) mass is 358 g/mol. The topological polar surface area (TPSA) is 76.2 Å². The van der Waals surface area contributed by atoms with Gasteiger partial charge in [-0.25, -0.2) is 4.79 Å². The summed E-state index contributed by atoms with van der Waals surface area (Å²) in [6.07, 6.45) is 0. The lowest BCUT2D eigenvalue weighted by molar-refractivity contribution is 0.0697. The first-order valence-corrected chi connectivity index (χ1v) is 7.27. The van der Waals surface area contributed by atoms with E-state index in [1.807, 2.05) is 25.1 Å². The van der Waals surface area contributed by atoms with E-state index in [4.69, 9.17) is 9.52 Å². The Morgan fingerprint density at radius 3 is 2.41 bits per heavy atom. The number of benzene rings is 2. The fourth-order valence-corrected chi connectivity index (χ4v) is 2.27. The maximum absolute atomic E-state index is 11.0. The van der Waals surface area contributed by atoms with Crippen LogP contribution >= 0.6 is 15.9 Å². The molecule has 0 atom stereocenters. The minimum absolute atomic E-state index is 0.178. The second kappa shape index (κ2) is 5.73. The standard InChI is InChI=1S/C16H11BrN2O3/c1-9-7-11(5-6-13(9)17)15-19-18-14(22-15)10-3-2-4-12(8-10)16(20)21/h2-8H,1H3,(H,20,21). The summed E-state index contributed by atoms with van der Waals surface area (Å²) in [7, 11) is 0. The quantitative estimate of drug-likeness (QED) is 0.760. The Hall–Kier alpha value is -2.47. The lowest BCUT2D eigenvalue weighted by atomic mass is 10.1. The normalized spacial score (nSPS) is 10.6. The van der Waals surface area contributed by atoms with Gasteiger partial charge in [0.2, 0.25) is 11.8 Å². The number of hydrogen-bond donors (Lipinski definition) is 1. The van der Waals surface area contributed by atoms with Crippen molar-refractivity contribution < 1.29 is 14.3 Å². The van der Waals surface area contributed by atoms with Gasteiger partial charge in [-0.3, -0.25) is 0 Å². The second-order valence-electron chi connectivity index (χ2n) is 4.76. The number of carboxylic acids is 1. The van der Waals surface area contributed by atoms with E-state index in [2.05, 4.69) is 26.1 Å².